The van der Waals surface area contributed by atoms with Crippen LogP contribution in [0.1, 0.15) is 6.92 Å². The maximum atomic E-state index is 10.4. The van der Waals surface area contributed by atoms with E-state index in [0.29, 0.717) is 0 Å². The Labute approximate surface area is 66.0 Å². The lowest BCUT2D eigenvalue weighted by atomic mass is 10.2. The van der Waals surface area contributed by atoms with Crippen LogP contribution in [0.25, 0.3) is 0 Å². The van der Waals surface area contributed by atoms with Crippen LogP contribution in [0.2, 0.25) is 0 Å². The van der Waals surface area contributed by atoms with Crippen LogP contribution in [-0.4, -0.2) is 18.7 Å². The molecule has 11 heavy (non-hydrogen) atoms. The first kappa shape index (κ1) is 8.11. The van der Waals surface area contributed by atoms with E-state index in [-0.39, 0.29) is 18.7 Å². The summed E-state index contributed by atoms with van der Waals surface area (Å²) in [5.41, 5.74) is 0. The average Bonchev–Trinajstić information content (AvgIpc) is 2.03. The Morgan fingerprint density at radius 2 is 2.55 bits per heavy atom. The summed E-state index contributed by atoms with van der Waals surface area (Å²) in [6.07, 6.45) is 6.93. The molecule has 0 fully saturated rings. The number of hydrogen-bond acceptors (Lipinski definition) is 3. The van der Waals surface area contributed by atoms with E-state index in [1.165, 1.54) is 6.92 Å². The second-order valence-electron chi connectivity index (χ2n) is 2.19. The van der Waals surface area contributed by atoms with Crippen LogP contribution in [0, 0.1) is 12.8 Å². The third-order valence-electron chi connectivity index (χ3n) is 1.22. The van der Waals surface area contributed by atoms with Crippen LogP contribution in [0.3, 0.4) is 0 Å². The molecule has 0 aromatic heterocycles. The van der Waals surface area contributed by atoms with Crippen molar-refractivity contribution >= 4 is 5.97 Å². The zero-order chi connectivity index (χ0) is 8.10. The van der Waals surface area contributed by atoms with Crippen LogP contribution in [0.15, 0.2) is 12.3 Å². The molecule has 1 rings (SSSR count). The van der Waals surface area contributed by atoms with Crippen LogP contribution in [0.5, 0.6) is 0 Å². The monoisotopic (exact) mass is 154 g/mol. The van der Waals surface area contributed by atoms with E-state index in [0.717, 1.165) is 0 Å². The molecule has 1 aliphatic rings. The molecule has 0 spiro atoms. The summed E-state index contributed by atoms with van der Waals surface area (Å²) < 4.78 is 9.82. The van der Waals surface area contributed by atoms with Gasteiger partial charge < -0.3 is 9.47 Å². The lowest BCUT2D eigenvalue weighted by molar-refractivity contribution is -0.143. The Kier molecular flexibility index (Phi) is 2.95. The van der Waals surface area contributed by atoms with Crippen molar-refractivity contribution in [2.45, 2.75) is 13.0 Å². The standard InChI is InChI=1S/C8H10O3/c1-7(9)11-6-8-4-2-3-5-10-8/h2-5,8H,6H2,1H3/t8-/m1/s1. The quantitative estimate of drug-likeness (QED) is 0.553. The number of carbonyl (C=O) groups is 1. The first-order chi connectivity index (χ1) is 5.29. The number of rotatable bonds is 2. The minimum atomic E-state index is -0.281. The highest BCUT2D eigenvalue weighted by Crippen LogP contribution is 2.07. The molecule has 1 heterocycles. The number of esters is 1. The largest absolute Gasteiger partial charge is 0.494 e. The van der Waals surface area contributed by atoms with Gasteiger partial charge in [0.15, 0.2) is 0 Å². The molecule has 3 nitrogen and oxygen atoms in total. The predicted molar refractivity (Wildman–Crippen MR) is 39.2 cm³/mol. The lowest BCUT2D eigenvalue weighted by Gasteiger charge is -2.17. The topological polar surface area (TPSA) is 35.5 Å². The van der Waals surface area contributed by atoms with Crippen molar-refractivity contribution in [3.63, 3.8) is 0 Å². The summed E-state index contributed by atoms with van der Waals surface area (Å²) in [6.45, 7) is 1.67. The summed E-state index contributed by atoms with van der Waals surface area (Å²) in [5, 5.41) is 0. The highest BCUT2D eigenvalue weighted by Gasteiger charge is 2.12. The van der Waals surface area contributed by atoms with Crippen LogP contribution in [-0.2, 0) is 14.3 Å². The summed E-state index contributed by atoms with van der Waals surface area (Å²) in [7, 11) is 0. The minimum absolute atomic E-state index is 0.121. The molecule has 0 aliphatic carbocycles. The fourth-order valence-electron chi connectivity index (χ4n) is 0.719. The molecule has 3 heteroatoms. The number of allylic oxidation sites excluding steroid dienone is 1. The van der Waals surface area contributed by atoms with Gasteiger partial charge in [0.05, 0.1) is 6.26 Å². The summed E-state index contributed by atoms with van der Waals surface area (Å²) in [6, 6.07) is 0. The molecule has 0 N–H and O–H groups in total. The molecule has 0 aromatic carbocycles. The number of ether oxygens (including phenoxy) is 2. The van der Waals surface area contributed by atoms with E-state index in [1.54, 1.807) is 12.3 Å². The molecule has 0 saturated heterocycles. The molecule has 0 bridgehead atoms. The van der Waals surface area contributed by atoms with Crippen molar-refractivity contribution in [1.29, 1.82) is 0 Å². The lowest BCUT2D eigenvalue weighted by Crippen LogP contribution is -2.21. The zero-order valence-corrected chi connectivity index (χ0v) is 6.32. The van der Waals surface area contributed by atoms with Crippen molar-refractivity contribution in [2.75, 3.05) is 6.61 Å². The van der Waals surface area contributed by atoms with E-state index in [2.05, 4.69) is 0 Å². The van der Waals surface area contributed by atoms with Crippen molar-refractivity contribution in [2.24, 2.45) is 0 Å². The Hall–Kier alpha value is -0.990. The van der Waals surface area contributed by atoms with Gasteiger partial charge in [0, 0.05) is 13.3 Å². The molecule has 60 valence electrons. The maximum absolute atomic E-state index is 10.4. The molecule has 1 aliphatic heterocycles. The van der Waals surface area contributed by atoms with E-state index in [1.807, 2.05) is 12.8 Å². The van der Waals surface area contributed by atoms with Gasteiger partial charge in [-0.2, -0.15) is 0 Å². The SMILES string of the molecule is CC(=O)OC[C@H]1[CH][CH]C=CO1. The summed E-state index contributed by atoms with van der Waals surface area (Å²) >= 11 is 0. The van der Waals surface area contributed by atoms with Crippen molar-refractivity contribution in [3.8, 4) is 0 Å². The predicted octanol–water partition coefficient (Wildman–Crippen LogP) is 0.871. The van der Waals surface area contributed by atoms with Gasteiger partial charge in [-0.1, -0.05) is 0 Å². The van der Waals surface area contributed by atoms with E-state index < -0.39 is 0 Å². The fraction of sp³-hybridized carbons (Fsp3) is 0.375. The van der Waals surface area contributed by atoms with E-state index in [4.69, 9.17) is 9.47 Å². The Bertz CT molecular complexity index is 163. The van der Waals surface area contributed by atoms with Gasteiger partial charge in [0.2, 0.25) is 0 Å². The Morgan fingerprint density at radius 1 is 1.73 bits per heavy atom. The first-order valence-electron chi connectivity index (χ1n) is 3.41. The van der Waals surface area contributed by atoms with Crippen LogP contribution >= 0.6 is 0 Å². The van der Waals surface area contributed by atoms with Gasteiger partial charge in [-0.15, -0.1) is 0 Å². The smallest absolute Gasteiger partial charge is 0.302 e. The normalized spacial score (nSPS) is 22.5. The fourth-order valence-corrected chi connectivity index (χ4v) is 0.719. The van der Waals surface area contributed by atoms with Gasteiger partial charge >= 0.3 is 5.97 Å². The minimum Gasteiger partial charge on any atom is -0.494 e. The highest BCUT2D eigenvalue weighted by atomic mass is 16.6. The van der Waals surface area contributed by atoms with Gasteiger partial charge in [-0.25, -0.2) is 0 Å². The third kappa shape index (κ3) is 3.07. The molecule has 0 amide bonds. The molecular formula is C8H10O3. The molecule has 0 aromatic rings. The average molecular weight is 154 g/mol. The van der Waals surface area contributed by atoms with Crippen molar-refractivity contribution in [3.05, 3.63) is 25.2 Å². The Morgan fingerprint density at radius 3 is 3.09 bits per heavy atom. The van der Waals surface area contributed by atoms with Crippen LogP contribution in [0.4, 0.5) is 0 Å². The Balaban J connectivity index is 2.16. The van der Waals surface area contributed by atoms with Gasteiger partial charge in [0.1, 0.15) is 12.7 Å². The van der Waals surface area contributed by atoms with Gasteiger partial charge in [-0.3, -0.25) is 4.79 Å². The van der Waals surface area contributed by atoms with Crippen LogP contribution < -0.4 is 0 Å². The molecule has 0 unspecified atom stereocenters. The zero-order valence-electron chi connectivity index (χ0n) is 6.32. The second kappa shape index (κ2) is 4.01. The molecule has 0 saturated carbocycles. The highest BCUT2D eigenvalue weighted by molar-refractivity contribution is 5.65. The maximum Gasteiger partial charge on any atom is 0.302 e. The third-order valence-corrected chi connectivity index (χ3v) is 1.22. The van der Waals surface area contributed by atoms with Gasteiger partial charge in [0.25, 0.3) is 0 Å². The van der Waals surface area contributed by atoms with Crippen molar-refractivity contribution in [1.82, 2.24) is 0 Å². The molecular weight excluding hydrogens is 144 g/mol. The second-order valence-corrected chi connectivity index (χ2v) is 2.19. The molecule has 1 atom stereocenters. The van der Waals surface area contributed by atoms with E-state index in [9.17, 15) is 4.79 Å². The molecule has 2 radical (unpaired) electrons. The summed E-state index contributed by atoms with van der Waals surface area (Å²) in [5.74, 6) is -0.281. The number of hydrogen-bond donors (Lipinski definition) is 0. The number of carbonyl (C=O) groups excluding carboxylic acids is 1. The van der Waals surface area contributed by atoms with Gasteiger partial charge in [-0.05, 0) is 12.5 Å². The first-order valence-corrected chi connectivity index (χ1v) is 3.41. The van der Waals surface area contributed by atoms with E-state index >= 15 is 0 Å². The van der Waals surface area contributed by atoms with Crippen molar-refractivity contribution < 1.29 is 14.3 Å². The summed E-state index contributed by atoms with van der Waals surface area (Å²) in [4.78, 5) is 10.4.